The highest BCUT2D eigenvalue weighted by atomic mass is 35.5. The SMILES string of the molecule is Cc1cnc(Cl)nc1N1CCCCc2ccccc21. The van der Waals surface area contributed by atoms with Gasteiger partial charge in [-0.1, -0.05) is 18.2 Å². The van der Waals surface area contributed by atoms with Crippen LogP contribution in [0.25, 0.3) is 0 Å². The highest BCUT2D eigenvalue weighted by Gasteiger charge is 2.19. The maximum absolute atomic E-state index is 5.96. The number of fused-ring (bicyclic) bond motifs is 1. The summed E-state index contributed by atoms with van der Waals surface area (Å²) in [5.74, 6) is 0.925. The molecule has 0 aliphatic carbocycles. The Bertz CT molecular complexity index is 598. The van der Waals surface area contributed by atoms with E-state index in [4.69, 9.17) is 11.6 Å². The zero-order chi connectivity index (χ0) is 13.2. The Morgan fingerprint density at radius 1 is 1.21 bits per heavy atom. The van der Waals surface area contributed by atoms with Crippen LogP contribution < -0.4 is 4.90 Å². The van der Waals surface area contributed by atoms with E-state index in [1.807, 2.05) is 6.92 Å². The van der Waals surface area contributed by atoms with Gasteiger partial charge in [0.2, 0.25) is 5.28 Å². The second kappa shape index (κ2) is 5.17. The second-order valence-electron chi connectivity index (χ2n) is 4.88. The molecule has 0 saturated carbocycles. The number of rotatable bonds is 1. The van der Waals surface area contributed by atoms with Crippen molar-refractivity contribution < 1.29 is 0 Å². The molecular weight excluding hydrogens is 258 g/mol. The van der Waals surface area contributed by atoms with Crippen LogP contribution in [-0.2, 0) is 6.42 Å². The molecule has 1 aliphatic rings. The number of hydrogen-bond acceptors (Lipinski definition) is 3. The molecule has 0 fully saturated rings. The smallest absolute Gasteiger partial charge is 0.224 e. The first-order valence-electron chi connectivity index (χ1n) is 6.60. The molecule has 0 unspecified atom stereocenters. The van der Waals surface area contributed by atoms with Gasteiger partial charge in [-0.2, -0.15) is 4.98 Å². The van der Waals surface area contributed by atoms with E-state index in [2.05, 4.69) is 39.1 Å². The van der Waals surface area contributed by atoms with E-state index in [0.717, 1.165) is 30.8 Å². The minimum Gasteiger partial charge on any atom is -0.326 e. The van der Waals surface area contributed by atoms with Gasteiger partial charge in [-0.3, -0.25) is 0 Å². The Balaban J connectivity index is 2.11. The predicted octanol–water partition coefficient (Wildman–Crippen LogP) is 3.91. The van der Waals surface area contributed by atoms with Crippen molar-refractivity contribution in [1.82, 2.24) is 9.97 Å². The molecule has 98 valence electrons. The average molecular weight is 274 g/mol. The van der Waals surface area contributed by atoms with Crippen LogP contribution in [0, 0.1) is 6.92 Å². The first kappa shape index (κ1) is 12.4. The van der Waals surface area contributed by atoms with Crippen molar-refractivity contribution in [3.05, 3.63) is 46.9 Å². The lowest BCUT2D eigenvalue weighted by Crippen LogP contribution is -2.20. The molecule has 2 aromatic rings. The molecule has 2 heterocycles. The summed E-state index contributed by atoms with van der Waals surface area (Å²) in [4.78, 5) is 10.7. The summed E-state index contributed by atoms with van der Waals surface area (Å²) in [6.45, 7) is 3.00. The van der Waals surface area contributed by atoms with Crippen LogP contribution in [0.4, 0.5) is 11.5 Å². The predicted molar refractivity (Wildman–Crippen MR) is 78.2 cm³/mol. The van der Waals surface area contributed by atoms with Gasteiger partial charge in [0.25, 0.3) is 0 Å². The zero-order valence-corrected chi connectivity index (χ0v) is 11.7. The van der Waals surface area contributed by atoms with Gasteiger partial charge in [0, 0.05) is 24.0 Å². The molecule has 1 aromatic carbocycles. The van der Waals surface area contributed by atoms with Crippen LogP contribution in [0.3, 0.4) is 0 Å². The summed E-state index contributed by atoms with van der Waals surface area (Å²) in [5, 5.41) is 0.308. The molecular formula is C15H16ClN3. The van der Waals surface area contributed by atoms with Crippen molar-refractivity contribution in [3.8, 4) is 0 Å². The summed E-state index contributed by atoms with van der Waals surface area (Å²) >= 11 is 5.96. The minimum absolute atomic E-state index is 0.308. The number of benzene rings is 1. The molecule has 0 spiro atoms. The first-order chi connectivity index (χ1) is 9.25. The van der Waals surface area contributed by atoms with E-state index in [1.54, 1.807) is 6.20 Å². The number of para-hydroxylation sites is 1. The number of anilines is 2. The van der Waals surface area contributed by atoms with E-state index in [-0.39, 0.29) is 0 Å². The van der Waals surface area contributed by atoms with Crippen molar-refractivity contribution in [2.45, 2.75) is 26.2 Å². The van der Waals surface area contributed by atoms with E-state index < -0.39 is 0 Å². The van der Waals surface area contributed by atoms with Crippen LogP contribution in [0.5, 0.6) is 0 Å². The van der Waals surface area contributed by atoms with Crippen molar-refractivity contribution in [1.29, 1.82) is 0 Å². The van der Waals surface area contributed by atoms with Crippen LogP contribution >= 0.6 is 11.6 Å². The molecule has 1 aliphatic heterocycles. The van der Waals surface area contributed by atoms with E-state index in [0.29, 0.717) is 5.28 Å². The van der Waals surface area contributed by atoms with Crippen molar-refractivity contribution >= 4 is 23.1 Å². The lowest BCUT2D eigenvalue weighted by Gasteiger charge is -2.25. The Labute approximate surface area is 118 Å². The van der Waals surface area contributed by atoms with Crippen LogP contribution in [0.2, 0.25) is 5.28 Å². The summed E-state index contributed by atoms with van der Waals surface area (Å²) in [7, 11) is 0. The summed E-state index contributed by atoms with van der Waals surface area (Å²) in [6, 6.07) is 8.54. The third-order valence-electron chi connectivity index (χ3n) is 3.53. The van der Waals surface area contributed by atoms with Gasteiger partial charge in [0.15, 0.2) is 0 Å². The van der Waals surface area contributed by atoms with Crippen LogP contribution in [0.15, 0.2) is 30.5 Å². The number of nitrogens with zero attached hydrogens (tertiary/aromatic N) is 3. The highest BCUT2D eigenvalue weighted by molar-refractivity contribution is 6.28. The van der Waals surface area contributed by atoms with Crippen LogP contribution in [-0.4, -0.2) is 16.5 Å². The van der Waals surface area contributed by atoms with E-state index in [1.165, 1.54) is 17.7 Å². The Hall–Kier alpha value is -1.61. The van der Waals surface area contributed by atoms with Gasteiger partial charge in [-0.05, 0) is 49.4 Å². The Morgan fingerprint density at radius 2 is 2.05 bits per heavy atom. The molecule has 0 radical (unpaired) electrons. The van der Waals surface area contributed by atoms with Gasteiger partial charge < -0.3 is 4.90 Å². The molecule has 0 N–H and O–H groups in total. The van der Waals surface area contributed by atoms with E-state index >= 15 is 0 Å². The normalized spacial score (nSPS) is 14.9. The molecule has 19 heavy (non-hydrogen) atoms. The topological polar surface area (TPSA) is 29.0 Å². The largest absolute Gasteiger partial charge is 0.326 e. The lowest BCUT2D eigenvalue weighted by molar-refractivity contribution is 0.756. The third kappa shape index (κ3) is 2.43. The molecule has 1 aromatic heterocycles. The standard InChI is InChI=1S/C15H16ClN3/c1-11-10-17-15(16)18-14(11)19-9-5-4-7-12-6-2-3-8-13(12)19/h2-3,6,8,10H,4-5,7,9H2,1H3. The van der Waals surface area contributed by atoms with Gasteiger partial charge in [0.05, 0.1) is 0 Å². The molecule has 0 atom stereocenters. The fraction of sp³-hybridized carbons (Fsp3) is 0.333. The monoisotopic (exact) mass is 273 g/mol. The van der Waals surface area contributed by atoms with E-state index in [9.17, 15) is 0 Å². The van der Waals surface area contributed by atoms with Gasteiger partial charge in [-0.25, -0.2) is 4.98 Å². The molecule has 0 amide bonds. The van der Waals surface area contributed by atoms with Gasteiger partial charge in [-0.15, -0.1) is 0 Å². The number of aryl methyl sites for hydroxylation is 2. The highest BCUT2D eigenvalue weighted by Crippen LogP contribution is 2.33. The quantitative estimate of drug-likeness (QED) is 0.738. The molecule has 0 bridgehead atoms. The average Bonchev–Trinajstić information content (AvgIpc) is 2.64. The maximum Gasteiger partial charge on any atom is 0.224 e. The number of halogens is 1. The van der Waals surface area contributed by atoms with Gasteiger partial charge in [0.1, 0.15) is 5.82 Å². The molecule has 0 saturated heterocycles. The maximum atomic E-state index is 5.96. The summed E-state index contributed by atoms with van der Waals surface area (Å²) in [5.41, 5.74) is 3.69. The lowest BCUT2D eigenvalue weighted by atomic mass is 10.1. The fourth-order valence-corrected chi connectivity index (χ4v) is 2.73. The fourth-order valence-electron chi connectivity index (χ4n) is 2.60. The minimum atomic E-state index is 0.308. The van der Waals surface area contributed by atoms with Crippen molar-refractivity contribution in [2.75, 3.05) is 11.4 Å². The molecule has 4 heteroatoms. The first-order valence-corrected chi connectivity index (χ1v) is 6.98. The summed E-state index contributed by atoms with van der Waals surface area (Å²) < 4.78 is 0. The number of aromatic nitrogens is 2. The Morgan fingerprint density at radius 3 is 2.95 bits per heavy atom. The second-order valence-corrected chi connectivity index (χ2v) is 5.22. The molecule has 3 nitrogen and oxygen atoms in total. The van der Waals surface area contributed by atoms with Crippen molar-refractivity contribution in [3.63, 3.8) is 0 Å². The third-order valence-corrected chi connectivity index (χ3v) is 3.71. The molecule has 3 rings (SSSR count). The van der Waals surface area contributed by atoms with Crippen molar-refractivity contribution in [2.24, 2.45) is 0 Å². The van der Waals surface area contributed by atoms with Gasteiger partial charge >= 0.3 is 0 Å². The number of hydrogen-bond donors (Lipinski definition) is 0. The Kier molecular flexibility index (Phi) is 3.38. The summed E-state index contributed by atoms with van der Waals surface area (Å²) in [6.07, 6.45) is 5.30. The van der Waals surface area contributed by atoms with Crippen LogP contribution in [0.1, 0.15) is 24.0 Å². The zero-order valence-electron chi connectivity index (χ0n) is 10.9.